The van der Waals surface area contributed by atoms with E-state index in [1.165, 1.54) is 0 Å². The fourth-order valence-corrected chi connectivity index (χ4v) is 2.96. The van der Waals surface area contributed by atoms with E-state index in [0.29, 0.717) is 17.9 Å². The average Bonchev–Trinajstić information content (AvgIpc) is 3.31. The van der Waals surface area contributed by atoms with Crippen molar-refractivity contribution in [2.24, 2.45) is 0 Å². The Balaban J connectivity index is 1.72. The highest BCUT2D eigenvalue weighted by Crippen LogP contribution is 2.28. The number of benzene rings is 2. The molecule has 0 aliphatic carbocycles. The normalized spacial score (nSPS) is 11.0. The monoisotopic (exact) mass is 347 g/mol. The number of hydrogen-bond donors (Lipinski definition) is 1. The van der Waals surface area contributed by atoms with E-state index in [4.69, 9.17) is 9.15 Å². The fourth-order valence-electron chi connectivity index (χ4n) is 2.96. The van der Waals surface area contributed by atoms with Gasteiger partial charge < -0.3 is 19.0 Å². The molecule has 0 atom stereocenters. The van der Waals surface area contributed by atoms with Gasteiger partial charge in [-0.1, -0.05) is 30.3 Å². The molecule has 0 aliphatic rings. The van der Waals surface area contributed by atoms with Crippen LogP contribution < -0.4 is 5.32 Å². The Morgan fingerprint density at radius 2 is 2.00 bits per heavy atom. The van der Waals surface area contributed by atoms with Crippen LogP contribution in [0.3, 0.4) is 0 Å². The summed E-state index contributed by atoms with van der Waals surface area (Å²) in [6, 6.07) is 15.1. The molecule has 0 unspecified atom stereocenters. The van der Waals surface area contributed by atoms with Crippen molar-refractivity contribution in [1.82, 2.24) is 9.55 Å². The van der Waals surface area contributed by atoms with Crippen molar-refractivity contribution in [3.8, 4) is 5.69 Å². The third-order valence-corrected chi connectivity index (χ3v) is 4.13. The molecule has 0 radical (unpaired) electrons. The number of carbonyl (C=O) groups is 1. The summed E-state index contributed by atoms with van der Waals surface area (Å²) >= 11 is 0. The highest BCUT2D eigenvalue weighted by atomic mass is 16.5. The van der Waals surface area contributed by atoms with Gasteiger partial charge in [-0.2, -0.15) is 0 Å². The third kappa shape index (κ3) is 2.87. The second-order valence-corrected chi connectivity index (χ2v) is 5.78. The topological polar surface area (TPSA) is 69.3 Å². The minimum absolute atomic E-state index is 0.258. The van der Waals surface area contributed by atoms with Gasteiger partial charge in [0.05, 0.1) is 24.3 Å². The number of imidazole rings is 1. The zero-order valence-corrected chi connectivity index (χ0v) is 14.2. The smallest absolute Gasteiger partial charge is 0.291 e. The molecule has 2 aromatic heterocycles. The van der Waals surface area contributed by atoms with Crippen molar-refractivity contribution >= 4 is 22.6 Å². The van der Waals surface area contributed by atoms with Crippen LogP contribution in [0, 0.1) is 0 Å². The Labute approximate surface area is 150 Å². The number of para-hydroxylation sites is 3. The van der Waals surface area contributed by atoms with Crippen LogP contribution >= 0.6 is 0 Å². The molecule has 4 aromatic rings. The van der Waals surface area contributed by atoms with E-state index < -0.39 is 0 Å². The van der Waals surface area contributed by atoms with E-state index in [-0.39, 0.29) is 11.7 Å². The Kier molecular flexibility index (Phi) is 4.25. The molecule has 130 valence electrons. The zero-order valence-electron chi connectivity index (χ0n) is 14.2. The molecule has 2 heterocycles. The van der Waals surface area contributed by atoms with Crippen LogP contribution in [0.15, 0.2) is 71.7 Å². The van der Waals surface area contributed by atoms with Crippen LogP contribution in [0.5, 0.6) is 0 Å². The summed E-state index contributed by atoms with van der Waals surface area (Å²) in [5, 5.41) is 3.82. The molecule has 0 bridgehead atoms. The first-order valence-corrected chi connectivity index (χ1v) is 8.16. The van der Waals surface area contributed by atoms with Gasteiger partial charge in [-0.25, -0.2) is 4.98 Å². The average molecular weight is 347 g/mol. The maximum Gasteiger partial charge on any atom is 0.291 e. The van der Waals surface area contributed by atoms with Crippen molar-refractivity contribution in [2.75, 3.05) is 12.4 Å². The molecule has 0 saturated carbocycles. The number of hydrogen-bond acceptors (Lipinski definition) is 4. The molecule has 0 aliphatic heterocycles. The standard InChI is InChI=1S/C20H17N3O3/c1-25-12-15-14-6-2-5-9-18(14)26-19(15)20(24)22-16-7-3-4-8-17(16)23-11-10-21-13-23/h2-11,13H,12H2,1H3,(H,22,24). The summed E-state index contributed by atoms with van der Waals surface area (Å²) in [5.74, 6) is -0.0608. The lowest BCUT2D eigenvalue weighted by atomic mass is 10.1. The second-order valence-electron chi connectivity index (χ2n) is 5.78. The predicted molar refractivity (Wildman–Crippen MR) is 98.4 cm³/mol. The number of aromatic nitrogens is 2. The number of furan rings is 1. The van der Waals surface area contributed by atoms with E-state index >= 15 is 0 Å². The second kappa shape index (κ2) is 6.85. The van der Waals surface area contributed by atoms with Crippen LogP contribution in [0.4, 0.5) is 5.69 Å². The van der Waals surface area contributed by atoms with Crippen LogP contribution in [0.2, 0.25) is 0 Å². The summed E-state index contributed by atoms with van der Waals surface area (Å²) in [7, 11) is 1.60. The largest absolute Gasteiger partial charge is 0.451 e. The molecule has 0 saturated heterocycles. The van der Waals surface area contributed by atoms with Crippen molar-refractivity contribution in [2.45, 2.75) is 6.61 Å². The third-order valence-electron chi connectivity index (χ3n) is 4.13. The lowest BCUT2D eigenvalue weighted by molar-refractivity contribution is 0.0992. The molecule has 1 N–H and O–H groups in total. The molecule has 1 amide bonds. The highest BCUT2D eigenvalue weighted by molar-refractivity contribution is 6.07. The molecule has 6 nitrogen and oxygen atoms in total. The van der Waals surface area contributed by atoms with E-state index in [2.05, 4.69) is 10.3 Å². The van der Waals surface area contributed by atoms with Crippen LogP contribution in [0.25, 0.3) is 16.7 Å². The number of nitrogens with one attached hydrogen (secondary N) is 1. The van der Waals surface area contributed by atoms with E-state index in [9.17, 15) is 4.79 Å². The maximum atomic E-state index is 12.9. The van der Waals surface area contributed by atoms with Gasteiger partial charge in [-0.15, -0.1) is 0 Å². The lowest BCUT2D eigenvalue weighted by Gasteiger charge is -2.11. The molecule has 26 heavy (non-hydrogen) atoms. The summed E-state index contributed by atoms with van der Waals surface area (Å²) in [6.45, 7) is 0.295. The van der Waals surface area contributed by atoms with Crippen molar-refractivity contribution in [3.63, 3.8) is 0 Å². The van der Waals surface area contributed by atoms with E-state index in [0.717, 1.165) is 16.6 Å². The number of methoxy groups -OCH3 is 1. The Morgan fingerprint density at radius 3 is 2.81 bits per heavy atom. The first-order valence-electron chi connectivity index (χ1n) is 8.16. The van der Waals surface area contributed by atoms with Gasteiger partial charge in [0.2, 0.25) is 0 Å². The Morgan fingerprint density at radius 1 is 1.19 bits per heavy atom. The fraction of sp³-hybridized carbons (Fsp3) is 0.100. The van der Waals surface area contributed by atoms with Gasteiger partial charge in [0, 0.05) is 30.5 Å². The van der Waals surface area contributed by atoms with Gasteiger partial charge in [-0.3, -0.25) is 4.79 Å². The van der Waals surface area contributed by atoms with Crippen LogP contribution in [-0.4, -0.2) is 22.6 Å². The van der Waals surface area contributed by atoms with Crippen LogP contribution in [-0.2, 0) is 11.3 Å². The molecule has 0 spiro atoms. The summed E-state index contributed by atoms with van der Waals surface area (Å²) < 4.78 is 12.9. The van der Waals surface area contributed by atoms with Crippen LogP contribution in [0.1, 0.15) is 16.1 Å². The maximum absolute atomic E-state index is 12.9. The number of carbonyl (C=O) groups excluding carboxylic acids is 1. The zero-order chi connectivity index (χ0) is 17.9. The van der Waals surface area contributed by atoms with Gasteiger partial charge >= 0.3 is 0 Å². The Bertz CT molecular complexity index is 1050. The van der Waals surface area contributed by atoms with Gasteiger partial charge in [0.1, 0.15) is 5.58 Å². The molecular weight excluding hydrogens is 330 g/mol. The van der Waals surface area contributed by atoms with Gasteiger partial charge in [-0.05, 0) is 18.2 Å². The number of amides is 1. The molecular formula is C20H17N3O3. The number of ether oxygens (including phenoxy) is 1. The van der Waals surface area contributed by atoms with Gasteiger partial charge in [0.15, 0.2) is 5.76 Å². The first-order chi connectivity index (χ1) is 12.8. The van der Waals surface area contributed by atoms with Crippen molar-refractivity contribution in [1.29, 1.82) is 0 Å². The summed E-state index contributed by atoms with van der Waals surface area (Å²) in [6.07, 6.45) is 5.19. The lowest BCUT2D eigenvalue weighted by Crippen LogP contribution is -2.14. The molecule has 2 aromatic carbocycles. The number of anilines is 1. The Hall–Kier alpha value is -3.38. The first kappa shape index (κ1) is 16.1. The summed E-state index contributed by atoms with van der Waals surface area (Å²) in [5.41, 5.74) is 2.88. The minimum Gasteiger partial charge on any atom is -0.451 e. The van der Waals surface area contributed by atoms with Crippen molar-refractivity contribution in [3.05, 3.63) is 78.6 Å². The number of nitrogens with zero attached hydrogens (tertiary/aromatic N) is 2. The van der Waals surface area contributed by atoms with E-state index in [1.54, 1.807) is 19.6 Å². The summed E-state index contributed by atoms with van der Waals surface area (Å²) in [4.78, 5) is 17.0. The molecule has 0 fully saturated rings. The predicted octanol–water partition coefficient (Wildman–Crippen LogP) is 4.02. The number of fused-ring (bicyclic) bond motifs is 1. The highest BCUT2D eigenvalue weighted by Gasteiger charge is 2.21. The quantitative estimate of drug-likeness (QED) is 0.592. The molecule has 4 rings (SSSR count). The van der Waals surface area contributed by atoms with Crippen molar-refractivity contribution < 1.29 is 13.9 Å². The van der Waals surface area contributed by atoms with Gasteiger partial charge in [0.25, 0.3) is 5.91 Å². The number of rotatable bonds is 5. The van der Waals surface area contributed by atoms with E-state index in [1.807, 2.05) is 59.3 Å². The molecule has 6 heteroatoms. The SMILES string of the molecule is COCc1c(C(=O)Nc2ccccc2-n2ccnc2)oc2ccccc12. The minimum atomic E-state index is -0.319.